The molecule has 0 aliphatic rings. The lowest BCUT2D eigenvalue weighted by atomic mass is 10.0. The summed E-state index contributed by atoms with van der Waals surface area (Å²) in [5.41, 5.74) is 2.00. The zero-order valence-corrected chi connectivity index (χ0v) is 25.1. The number of rotatable bonds is 10. The Morgan fingerprint density at radius 2 is 1.77 bits per heavy atom. The topological polar surface area (TPSA) is 102 Å². The SMILES string of the molecule is CCn1c(SCC(=O)Nc2nc(-c3ccc(Cl)cc3)cs2)nnc1[C@H](NC(=O)c1ccc(Cl)cc1Cl)C(C)C. The summed E-state index contributed by atoms with van der Waals surface area (Å²) in [5.74, 6) is 0.177. The molecule has 204 valence electrons. The van der Waals surface area contributed by atoms with E-state index >= 15 is 0 Å². The molecular weight excluding hydrogens is 599 g/mol. The summed E-state index contributed by atoms with van der Waals surface area (Å²) in [5, 5.41) is 18.9. The van der Waals surface area contributed by atoms with Crippen LogP contribution in [-0.4, -0.2) is 37.3 Å². The molecule has 0 bridgehead atoms. The fourth-order valence-electron chi connectivity index (χ4n) is 3.73. The third-order valence-corrected chi connectivity index (χ3v) is 8.22. The molecule has 0 fully saturated rings. The minimum Gasteiger partial charge on any atom is -0.342 e. The molecule has 2 N–H and O–H groups in total. The van der Waals surface area contributed by atoms with E-state index in [-0.39, 0.29) is 28.5 Å². The van der Waals surface area contributed by atoms with E-state index in [0.717, 1.165) is 11.3 Å². The molecule has 0 saturated heterocycles. The van der Waals surface area contributed by atoms with E-state index in [0.29, 0.717) is 38.3 Å². The number of nitrogens with zero attached hydrogens (tertiary/aromatic N) is 4. The van der Waals surface area contributed by atoms with Gasteiger partial charge in [-0.05, 0) is 43.2 Å². The van der Waals surface area contributed by atoms with Crippen LogP contribution in [0.3, 0.4) is 0 Å². The average molecular weight is 624 g/mol. The molecule has 0 aliphatic heterocycles. The Balaban J connectivity index is 1.41. The van der Waals surface area contributed by atoms with Crippen molar-refractivity contribution in [1.29, 1.82) is 0 Å². The number of anilines is 1. The van der Waals surface area contributed by atoms with Crippen LogP contribution in [0.2, 0.25) is 15.1 Å². The van der Waals surface area contributed by atoms with Crippen molar-refractivity contribution in [2.75, 3.05) is 11.1 Å². The molecule has 4 aromatic rings. The Morgan fingerprint density at radius 1 is 1.05 bits per heavy atom. The predicted molar refractivity (Wildman–Crippen MR) is 159 cm³/mol. The maximum Gasteiger partial charge on any atom is 0.253 e. The summed E-state index contributed by atoms with van der Waals surface area (Å²) in [6.07, 6.45) is 0. The first kappa shape index (κ1) is 29.4. The number of hydrogen-bond donors (Lipinski definition) is 2. The van der Waals surface area contributed by atoms with E-state index in [2.05, 4.69) is 25.8 Å². The van der Waals surface area contributed by atoms with Gasteiger partial charge in [0, 0.05) is 27.5 Å². The number of benzene rings is 2. The number of nitrogens with one attached hydrogen (secondary N) is 2. The van der Waals surface area contributed by atoms with Gasteiger partial charge in [0.05, 0.1) is 28.1 Å². The van der Waals surface area contributed by atoms with Gasteiger partial charge in [0.25, 0.3) is 5.91 Å². The number of aromatic nitrogens is 4. The molecule has 0 aliphatic carbocycles. The Hall–Kier alpha value is -2.63. The van der Waals surface area contributed by atoms with Gasteiger partial charge in [0.1, 0.15) is 0 Å². The summed E-state index contributed by atoms with van der Waals surface area (Å²) in [7, 11) is 0. The van der Waals surface area contributed by atoms with Gasteiger partial charge in [0.2, 0.25) is 5.91 Å². The largest absolute Gasteiger partial charge is 0.342 e. The van der Waals surface area contributed by atoms with Crippen LogP contribution in [0.25, 0.3) is 11.3 Å². The minimum atomic E-state index is -0.429. The maximum absolute atomic E-state index is 13.0. The lowest BCUT2D eigenvalue weighted by Crippen LogP contribution is -2.34. The second kappa shape index (κ2) is 13.1. The molecule has 2 aromatic heterocycles. The highest BCUT2D eigenvalue weighted by atomic mass is 35.5. The quantitative estimate of drug-likeness (QED) is 0.181. The number of thioether (sulfide) groups is 1. The van der Waals surface area contributed by atoms with Gasteiger partial charge in [0.15, 0.2) is 16.1 Å². The number of carbonyl (C=O) groups is 2. The molecule has 0 saturated carbocycles. The van der Waals surface area contributed by atoms with E-state index in [1.54, 1.807) is 24.3 Å². The predicted octanol–water partition coefficient (Wildman–Crippen LogP) is 7.24. The van der Waals surface area contributed by atoms with Crippen LogP contribution in [0.1, 0.15) is 43.0 Å². The Labute approximate surface area is 249 Å². The Kier molecular flexibility index (Phi) is 9.90. The Morgan fingerprint density at radius 3 is 2.44 bits per heavy atom. The van der Waals surface area contributed by atoms with Gasteiger partial charge in [-0.2, -0.15) is 0 Å². The fraction of sp³-hybridized carbons (Fsp3) is 0.269. The number of hydrogen-bond acceptors (Lipinski definition) is 7. The van der Waals surface area contributed by atoms with Gasteiger partial charge >= 0.3 is 0 Å². The molecule has 0 spiro atoms. The van der Waals surface area contributed by atoms with E-state index in [9.17, 15) is 9.59 Å². The molecule has 2 heterocycles. The highest BCUT2D eigenvalue weighted by molar-refractivity contribution is 7.99. The van der Waals surface area contributed by atoms with Crippen LogP contribution >= 0.6 is 57.9 Å². The molecule has 13 heteroatoms. The van der Waals surface area contributed by atoms with Gasteiger partial charge in [-0.25, -0.2) is 4.98 Å². The second-order valence-electron chi connectivity index (χ2n) is 8.79. The lowest BCUT2D eigenvalue weighted by Gasteiger charge is -2.22. The second-order valence-corrected chi connectivity index (χ2v) is 11.9. The summed E-state index contributed by atoms with van der Waals surface area (Å²) in [6, 6.07) is 11.7. The van der Waals surface area contributed by atoms with E-state index in [1.807, 2.05) is 42.9 Å². The molecule has 1 atom stereocenters. The molecule has 8 nitrogen and oxygen atoms in total. The van der Waals surface area contributed by atoms with Crippen LogP contribution in [0.15, 0.2) is 53.0 Å². The van der Waals surface area contributed by atoms with Crippen LogP contribution in [0, 0.1) is 5.92 Å². The van der Waals surface area contributed by atoms with Crippen molar-refractivity contribution >= 4 is 74.8 Å². The van der Waals surface area contributed by atoms with E-state index < -0.39 is 6.04 Å². The van der Waals surface area contributed by atoms with Gasteiger partial charge < -0.3 is 15.2 Å². The van der Waals surface area contributed by atoms with Crippen molar-refractivity contribution in [3.8, 4) is 11.3 Å². The first-order valence-corrected chi connectivity index (χ1v) is 15.0. The normalized spacial score (nSPS) is 12.0. The van der Waals surface area contributed by atoms with Crippen molar-refractivity contribution < 1.29 is 9.59 Å². The lowest BCUT2D eigenvalue weighted by molar-refractivity contribution is -0.113. The third-order valence-electron chi connectivity index (χ3n) is 5.69. The van der Waals surface area contributed by atoms with Crippen LogP contribution in [-0.2, 0) is 11.3 Å². The standard InChI is InChI=1S/C26H25Cl3N6O2S2/c1-4-35-23(22(14(2)3)32-24(37)18-10-9-17(28)11-19(18)29)33-34-26(35)39-13-21(36)31-25-30-20(12-38-25)15-5-7-16(27)8-6-15/h5-12,14,22H,4,13H2,1-3H3,(H,32,37)(H,30,31,36)/t22-/m1/s1. The third kappa shape index (κ3) is 7.32. The molecule has 2 amide bonds. The first-order valence-electron chi connectivity index (χ1n) is 12.0. The first-order chi connectivity index (χ1) is 18.7. The van der Waals surface area contributed by atoms with Gasteiger partial charge in [-0.15, -0.1) is 21.5 Å². The zero-order chi connectivity index (χ0) is 28.1. The molecular formula is C26H25Cl3N6O2S2. The summed E-state index contributed by atoms with van der Waals surface area (Å²) >= 11 is 20.8. The van der Waals surface area contributed by atoms with Gasteiger partial charge in [-0.1, -0.05) is 72.5 Å². The van der Waals surface area contributed by atoms with Crippen molar-refractivity contribution in [2.24, 2.45) is 5.92 Å². The minimum absolute atomic E-state index is 0.00964. The molecule has 39 heavy (non-hydrogen) atoms. The number of halogens is 3. The van der Waals surface area contributed by atoms with Crippen molar-refractivity contribution in [3.63, 3.8) is 0 Å². The fourth-order valence-corrected chi connectivity index (χ4v) is 5.89. The molecule has 2 aromatic carbocycles. The zero-order valence-electron chi connectivity index (χ0n) is 21.2. The number of carbonyl (C=O) groups excluding carboxylic acids is 2. The molecule has 0 unspecified atom stereocenters. The highest BCUT2D eigenvalue weighted by Crippen LogP contribution is 2.29. The van der Waals surface area contributed by atoms with Crippen molar-refractivity contribution in [2.45, 2.75) is 38.5 Å². The smallest absolute Gasteiger partial charge is 0.253 e. The summed E-state index contributed by atoms with van der Waals surface area (Å²) in [4.78, 5) is 30.2. The highest BCUT2D eigenvalue weighted by Gasteiger charge is 2.27. The maximum atomic E-state index is 13.0. The molecule has 4 rings (SSSR count). The number of thiazole rings is 1. The van der Waals surface area contributed by atoms with Crippen LogP contribution < -0.4 is 10.6 Å². The Bertz CT molecular complexity index is 1470. The van der Waals surface area contributed by atoms with Crippen LogP contribution in [0.5, 0.6) is 0 Å². The average Bonchev–Trinajstić information content (AvgIpc) is 3.53. The van der Waals surface area contributed by atoms with Gasteiger partial charge in [-0.3, -0.25) is 9.59 Å². The van der Waals surface area contributed by atoms with Crippen LogP contribution in [0.4, 0.5) is 5.13 Å². The molecule has 0 radical (unpaired) electrons. The summed E-state index contributed by atoms with van der Waals surface area (Å²) < 4.78 is 1.90. The van der Waals surface area contributed by atoms with Crippen molar-refractivity contribution in [1.82, 2.24) is 25.1 Å². The monoisotopic (exact) mass is 622 g/mol. The van der Waals surface area contributed by atoms with E-state index in [4.69, 9.17) is 34.8 Å². The van der Waals surface area contributed by atoms with E-state index in [1.165, 1.54) is 29.2 Å². The van der Waals surface area contributed by atoms with Crippen molar-refractivity contribution in [3.05, 3.63) is 74.3 Å². The number of amides is 2. The summed E-state index contributed by atoms with van der Waals surface area (Å²) in [6.45, 7) is 6.48.